The normalized spacial score (nSPS) is 8.17. The van der Waals surface area contributed by atoms with E-state index in [0.717, 1.165) is 5.69 Å². The van der Waals surface area contributed by atoms with Crippen LogP contribution < -0.4 is 10.6 Å². The van der Waals surface area contributed by atoms with Crippen LogP contribution in [-0.4, -0.2) is 0 Å². The van der Waals surface area contributed by atoms with Crippen LogP contribution in [-0.2, 0) is 0 Å². The van der Waals surface area contributed by atoms with E-state index in [1.54, 1.807) is 24.3 Å². The predicted molar refractivity (Wildman–Crippen MR) is 51.0 cm³/mol. The molecule has 0 unspecified atom stereocenters. The van der Waals surface area contributed by atoms with Crippen LogP contribution in [0.25, 0.3) is 0 Å². The Morgan fingerprint density at radius 3 is 2.00 bits per heavy atom. The summed E-state index contributed by atoms with van der Waals surface area (Å²) in [6.45, 7) is 0. The lowest BCUT2D eigenvalue weighted by molar-refractivity contribution is 1.40. The van der Waals surface area contributed by atoms with Crippen LogP contribution in [0.2, 0.25) is 0 Å². The Labute approximate surface area is 72.0 Å². The van der Waals surface area contributed by atoms with Crippen molar-refractivity contribution in [2.45, 2.75) is 0 Å². The number of anilines is 2. The van der Waals surface area contributed by atoms with Crippen molar-refractivity contribution in [3.63, 3.8) is 0 Å². The summed E-state index contributed by atoms with van der Waals surface area (Å²) in [5, 5.41) is 0. The van der Waals surface area contributed by atoms with Crippen molar-refractivity contribution in [1.29, 1.82) is 0 Å². The molecule has 58 valence electrons. The Bertz CT molecular complexity index is 324. The topological polar surface area (TPSA) is 29.3 Å². The van der Waals surface area contributed by atoms with Crippen LogP contribution in [0.15, 0.2) is 24.3 Å². The van der Waals surface area contributed by atoms with Gasteiger partial charge in [-0.2, -0.15) is 0 Å². The fourth-order valence-electron chi connectivity index (χ4n) is 0.810. The largest absolute Gasteiger partial charge is 0.399 e. The van der Waals surface area contributed by atoms with Gasteiger partial charge in [0, 0.05) is 17.8 Å². The minimum Gasteiger partial charge on any atom is -0.399 e. The maximum atomic E-state index is 5.49. The molecule has 1 aromatic carbocycles. The van der Waals surface area contributed by atoms with Crippen molar-refractivity contribution >= 4 is 11.4 Å². The van der Waals surface area contributed by atoms with Gasteiger partial charge in [0.1, 0.15) is 0 Å². The number of terminal acetylenes is 2. The minimum atomic E-state index is 0.688. The number of rotatable bonds is 1. The van der Waals surface area contributed by atoms with Gasteiger partial charge in [0.05, 0.1) is 5.69 Å². The number of hydrogen-bond donors (Lipinski definition) is 1. The van der Waals surface area contributed by atoms with Gasteiger partial charge in [-0.1, -0.05) is 12.8 Å². The molecule has 0 fully saturated rings. The summed E-state index contributed by atoms with van der Waals surface area (Å²) in [6, 6.07) is 11.7. The van der Waals surface area contributed by atoms with Gasteiger partial charge in [-0.25, -0.2) is 4.90 Å². The van der Waals surface area contributed by atoms with Crippen LogP contribution in [0, 0.1) is 24.9 Å². The average molecular weight is 156 g/mol. The maximum absolute atomic E-state index is 5.49. The molecule has 0 heterocycles. The van der Waals surface area contributed by atoms with E-state index in [2.05, 4.69) is 12.1 Å². The Morgan fingerprint density at radius 2 is 1.58 bits per heavy atom. The predicted octanol–water partition coefficient (Wildman–Crippen LogP) is 1.26. The van der Waals surface area contributed by atoms with E-state index >= 15 is 0 Å². The number of nitrogens with zero attached hydrogens (tertiary/aromatic N) is 1. The molecule has 0 saturated heterocycles. The average Bonchev–Trinajstić information content (AvgIpc) is 2.10. The molecule has 0 radical (unpaired) electrons. The van der Waals surface area contributed by atoms with Crippen LogP contribution in [0.4, 0.5) is 11.4 Å². The first-order chi connectivity index (χ1) is 5.77. The van der Waals surface area contributed by atoms with E-state index in [4.69, 9.17) is 18.6 Å². The third-order valence-corrected chi connectivity index (χ3v) is 1.41. The molecular weight excluding hydrogens is 148 g/mol. The highest BCUT2D eigenvalue weighted by Crippen LogP contribution is 2.14. The van der Waals surface area contributed by atoms with E-state index in [-0.39, 0.29) is 0 Å². The molecule has 12 heavy (non-hydrogen) atoms. The summed E-state index contributed by atoms with van der Waals surface area (Å²) in [5.74, 6) is 0. The maximum Gasteiger partial charge on any atom is 0.0637 e. The molecule has 0 aromatic heterocycles. The SMILES string of the molecule is C#CN(C#C)c1ccc(N)cc1. The first kappa shape index (κ1) is 8.04. The quantitative estimate of drug-likeness (QED) is 0.377. The Kier molecular flexibility index (Phi) is 2.26. The molecule has 0 atom stereocenters. The van der Waals surface area contributed by atoms with E-state index in [1.165, 1.54) is 4.90 Å². The third kappa shape index (κ3) is 1.51. The lowest BCUT2D eigenvalue weighted by atomic mass is 10.3. The standard InChI is InChI=1S/C10H8N2/c1-3-12(4-2)10-7-5-9(11)6-8-10/h1-2,5-8H,11H2. The number of nitrogen functional groups attached to an aromatic ring is 1. The van der Waals surface area contributed by atoms with Crippen molar-refractivity contribution in [1.82, 2.24) is 0 Å². The highest BCUT2D eigenvalue weighted by Gasteiger charge is 1.97. The van der Waals surface area contributed by atoms with Gasteiger partial charge in [-0.05, 0) is 24.3 Å². The molecule has 0 spiro atoms. The molecular formula is C10H8N2. The second-order valence-electron chi connectivity index (χ2n) is 2.19. The zero-order chi connectivity index (χ0) is 8.97. The lowest BCUT2D eigenvalue weighted by Crippen LogP contribution is -2.06. The number of hydrogen-bond acceptors (Lipinski definition) is 2. The zero-order valence-corrected chi connectivity index (χ0v) is 6.49. The lowest BCUT2D eigenvalue weighted by Gasteiger charge is -2.08. The van der Waals surface area contributed by atoms with Crippen LogP contribution >= 0.6 is 0 Å². The first-order valence-electron chi connectivity index (χ1n) is 3.36. The summed E-state index contributed by atoms with van der Waals surface area (Å²) in [5.41, 5.74) is 6.95. The van der Waals surface area contributed by atoms with E-state index in [1.807, 2.05) is 0 Å². The summed E-state index contributed by atoms with van der Waals surface area (Å²) < 4.78 is 0. The fraction of sp³-hybridized carbons (Fsp3) is 0. The van der Waals surface area contributed by atoms with Crippen molar-refractivity contribution < 1.29 is 0 Å². The molecule has 0 amide bonds. The van der Waals surface area contributed by atoms with E-state index in [9.17, 15) is 0 Å². The second-order valence-corrected chi connectivity index (χ2v) is 2.19. The summed E-state index contributed by atoms with van der Waals surface area (Å²) >= 11 is 0. The summed E-state index contributed by atoms with van der Waals surface area (Å²) in [4.78, 5) is 1.35. The van der Waals surface area contributed by atoms with Gasteiger partial charge in [-0.15, -0.1) is 0 Å². The van der Waals surface area contributed by atoms with Gasteiger partial charge >= 0.3 is 0 Å². The van der Waals surface area contributed by atoms with E-state index in [0.29, 0.717) is 5.69 Å². The highest BCUT2D eigenvalue weighted by atomic mass is 15.1. The van der Waals surface area contributed by atoms with Crippen molar-refractivity contribution in [3.8, 4) is 24.9 Å². The fourth-order valence-corrected chi connectivity index (χ4v) is 0.810. The van der Waals surface area contributed by atoms with Crippen molar-refractivity contribution in [2.24, 2.45) is 0 Å². The molecule has 0 aliphatic rings. The van der Waals surface area contributed by atoms with Gasteiger partial charge in [0.25, 0.3) is 0 Å². The minimum absolute atomic E-state index is 0.688. The van der Waals surface area contributed by atoms with E-state index < -0.39 is 0 Å². The van der Waals surface area contributed by atoms with Gasteiger partial charge < -0.3 is 5.73 Å². The smallest absolute Gasteiger partial charge is 0.0637 e. The molecule has 1 aromatic rings. The van der Waals surface area contributed by atoms with Gasteiger partial charge in [-0.3, -0.25) is 0 Å². The van der Waals surface area contributed by atoms with Gasteiger partial charge in [0.15, 0.2) is 0 Å². The van der Waals surface area contributed by atoms with Crippen molar-refractivity contribution in [2.75, 3.05) is 10.6 Å². The Hall–Kier alpha value is -2.06. The monoisotopic (exact) mass is 156 g/mol. The third-order valence-electron chi connectivity index (χ3n) is 1.41. The number of benzene rings is 1. The highest BCUT2D eigenvalue weighted by molar-refractivity contribution is 5.59. The molecule has 0 bridgehead atoms. The molecule has 2 N–H and O–H groups in total. The molecule has 1 rings (SSSR count). The van der Waals surface area contributed by atoms with Crippen LogP contribution in [0.1, 0.15) is 0 Å². The molecule has 2 heteroatoms. The molecule has 2 nitrogen and oxygen atoms in total. The van der Waals surface area contributed by atoms with Crippen LogP contribution in [0.3, 0.4) is 0 Å². The summed E-state index contributed by atoms with van der Waals surface area (Å²) in [7, 11) is 0. The molecule has 0 aliphatic heterocycles. The van der Waals surface area contributed by atoms with Crippen LogP contribution in [0.5, 0.6) is 0 Å². The van der Waals surface area contributed by atoms with Crippen molar-refractivity contribution in [3.05, 3.63) is 24.3 Å². The first-order valence-corrected chi connectivity index (χ1v) is 3.36. The second kappa shape index (κ2) is 3.37. The van der Waals surface area contributed by atoms with Gasteiger partial charge in [0.2, 0.25) is 0 Å². The zero-order valence-electron chi connectivity index (χ0n) is 6.49. The Balaban J connectivity index is 2.99. The molecule has 0 aliphatic carbocycles. The molecule has 0 saturated carbocycles. The number of nitrogens with two attached hydrogens (primary N) is 1. The summed E-state index contributed by atoms with van der Waals surface area (Å²) in [6.07, 6.45) is 10.3. The Morgan fingerprint density at radius 1 is 1.08 bits per heavy atom.